The number of hydrogen-bond acceptors (Lipinski definition) is 10. The lowest BCUT2D eigenvalue weighted by Crippen LogP contribution is -2.67. The van der Waals surface area contributed by atoms with Crippen LogP contribution in [-0.4, -0.2) is 89.2 Å². The van der Waals surface area contributed by atoms with Gasteiger partial charge in [0, 0.05) is 5.56 Å². The van der Waals surface area contributed by atoms with E-state index in [1.165, 1.54) is 0 Å². The predicted molar refractivity (Wildman–Crippen MR) is 186 cm³/mol. The van der Waals surface area contributed by atoms with Crippen LogP contribution in [0.5, 0.6) is 0 Å². The number of aliphatic hydroxyl groups is 3. The predicted octanol–water partition coefficient (Wildman–Crippen LogP) is 3.74. The van der Waals surface area contributed by atoms with Gasteiger partial charge in [0.1, 0.15) is 42.7 Å². The first-order valence-corrected chi connectivity index (χ1v) is 17.2. The van der Waals surface area contributed by atoms with Crippen molar-refractivity contribution < 1.29 is 48.5 Å². The molecule has 0 aromatic heterocycles. The van der Waals surface area contributed by atoms with E-state index in [0.29, 0.717) is 12.2 Å². The third-order valence-corrected chi connectivity index (χ3v) is 9.05. The van der Waals surface area contributed by atoms with E-state index in [1.807, 2.05) is 97.9 Å². The summed E-state index contributed by atoms with van der Waals surface area (Å²) in [7, 11) is 0. The molecule has 4 aromatic rings. The Labute approximate surface area is 297 Å². The van der Waals surface area contributed by atoms with Crippen molar-refractivity contribution in [2.75, 3.05) is 6.61 Å². The summed E-state index contributed by atoms with van der Waals surface area (Å²) in [6.45, 7) is 1.95. The summed E-state index contributed by atoms with van der Waals surface area (Å²) in [6, 6.07) is 37.6. The van der Waals surface area contributed by atoms with E-state index in [0.717, 1.165) is 16.7 Å². The first-order chi connectivity index (χ1) is 24.9. The standard InChI is InChI=1S/C40H45NO10/c1-26-34(46-23-27-14-6-2-7-15-27)36(47-24-28-16-8-3-9-17-28)37(48-25-29-18-10-4-11-19-29)40(49-26)51-35-33(44)32(43)31(22-42)50-39(35)41-38(45)30-20-12-5-13-21-30/h2-21,26,31-37,39-40,42-44H,22-25H2,1H3,(H,41,45)/t26-,31+,32+,33-,34+,35+,36+,37-,39+,40-/m0/s1. The number of benzene rings is 4. The fraction of sp³-hybridized carbons (Fsp3) is 0.375. The summed E-state index contributed by atoms with van der Waals surface area (Å²) in [5.41, 5.74) is 3.16. The van der Waals surface area contributed by atoms with Gasteiger partial charge in [-0.2, -0.15) is 0 Å². The van der Waals surface area contributed by atoms with Gasteiger partial charge in [-0.05, 0) is 35.7 Å². The molecule has 4 N–H and O–H groups in total. The summed E-state index contributed by atoms with van der Waals surface area (Å²) in [5, 5.41) is 35.0. The highest BCUT2D eigenvalue weighted by atomic mass is 16.7. The van der Waals surface area contributed by atoms with E-state index >= 15 is 0 Å². The van der Waals surface area contributed by atoms with Gasteiger partial charge < -0.3 is 49.1 Å². The quantitative estimate of drug-likeness (QED) is 0.154. The fourth-order valence-electron chi connectivity index (χ4n) is 6.29. The molecule has 2 aliphatic rings. The summed E-state index contributed by atoms with van der Waals surface area (Å²) in [5.74, 6) is -0.497. The third kappa shape index (κ3) is 9.46. The van der Waals surface area contributed by atoms with Gasteiger partial charge in [0.2, 0.25) is 0 Å². The molecule has 0 unspecified atom stereocenters. The molecule has 270 valence electrons. The Hall–Kier alpha value is -4.01. The van der Waals surface area contributed by atoms with Crippen LogP contribution in [0.25, 0.3) is 0 Å². The SMILES string of the molecule is C[C@@H]1O[C@@H](O[C@@H]2[C@@H](O)[C@H](O)[C@@H](CO)O[C@H]2NC(=O)c2ccccc2)[C@@H](OCc2ccccc2)[C@H](OCc2ccccc2)[C@@H]1OCc1ccccc1. The lowest BCUT2D eigenvalue weighted by Gasteiger charge is -2.48. The number of carbonyl (C=O) groups is 1. The van der Waals surface area contributed by atoms with Crippen molar-refractivity contribution in [2.45, 2.75) is 88.1 Å². The van der Waals surface area contributed by atoms with Crippen molar-refractivity contribution in [3.8, 4) is 0 Å². The zero-order valence-electron chi connectivity index (χ0n) is 28.3. The van der Waals surface area contributed by atoms with E-state index in [2.05, 4.69) is 5.32 Å². The van der Waals surface area contributed by atoms with E-state index in [1.54, 1.807) is 30.3 Å². The highest BCUT2D eigenvalue weighted by molar-refractivity contribution is 5.94. The monoisotopic (exact) mass is 699 g/mol. The van der Waals surface area contributed by atoms with Crippen LogP contribution >= 0.6 is 0 Å². The van der Waals surface area contributed by atoms with Gasteiger partial charge in [-0.15, -0.1) is 0 Å². The second-order valence-corrected chi connectivity index (χ2v) is 12.7. The molecule has 2 heterocycles. The average molecular weight is 700 g/mol. The Morgan fingerprint density at radius 1 is 0.627 bits per heavy atom. The van der Waals surface area contributed by atoms with Crippen molar-refractivity contribution in [3.05, 3.63) is 144 Å². The van der Waals surface area contributed by atoms with Gasteiger partial charge in [0.15, 0.2) is 12.5 Å². The number of rotatable bonds is 14. The zero-order valence-corrected chi connectivity index (χ0v) is 28.3. The minimum Gasteiger partial charge on any atom is -0.394 e. The highest BCUT2D eigenvalue weighted by Crippen LogP contribution is 2.34. The molecule has 0 bridgehead atoms. The van der Waals surface area contributed by atoms with Gasteiger partial charge in [0.25, 0.3) is 5.91 Å². The maximum atomic E-state index is 13.3. The number of amides is 1. The van der Waals surface area contributed by atoms with Crippen molar-refractivity contribution >= 4 is 5.91 Å². The van der Waals surface area contributed by atoms with E-state index in [4.69, 9.17) is 28.4 Å². The Bertz CT molecular complexity index is 1620. The maximum absolute atomic E-state index is 13.3. The third-order valence-electron chi connectivity index (χ3n) is 9.05. The van der Waals surface area contributed by atoms with Gasteiger partial charge in [-0.25, -0.2) is 0 Å². The second kappa shape index (κ2) is 18.0. The van der Waals surface area contributed by atoms with Crippen LogP contribution in [0.2, 0.25) is 0 Å². The van der Waals surface area contributed by atoms with Crippen LogP contribution in [0.15, 0.2) is 121 Å². The van der Waals surface area contributed by atoms with E-state index in [9.17, 15) is 20.1 Å². The minimum absolute atomic E-state index is 0.173. The topological polar surface area (TPSA) is 145 Å². The Morgan fingerprint density at radius 2 is 1.10 bits per heavy atom. The molecule has 0 aliphatic carbocycles. The van der Waals surface area contributed by atoms with E-state index < -0.39 is 73.9 Å². The molecule has 1 amide bonds. The largest absolute Gasteiger partial charge is 0.394 e. The van der Waals surface area contributed by atoms with E-state index in [-0.39, 0.29) is 13.2 Å². The molecule has 11 heteroatoms. The molecule has 6 rings (SSSR count). The molecule has 2 fully saturated rings. The molecule has 0 saturated carbocycles. The second-order valence-electron chi connectivity index (χ2n) is 12.7. The molecule has 51 heavy (non-hydrogen) atoms. The molecule has 0 radical (unpaired) electrons. The molecule has 0 spiro atoms. The molecular weight excluding hydrogens is 654 g/mol. The van der Waals surface area contributed by atoms with Crippen molar-refractivity contribution in [1.82, 2.24) is 5.32 Å². The number of aliphatic hydroxyl groups excluding tert-OH is 3. The van der Waals surface area contributed by atoms with Crippen LogP contribution in [0, 0.1) is 0 Å². The maximum Gasteiger partial charge on any atom is 0.253 e. The molecule has 2 saturated heterocycles. The Morgan fingerprint density at radius 3 is 1.61 bits per heavy atom. The summed E-state index contributed by atoms with van der Waals surface area (Å²) < 4.78 is 38.6. The highest BCUT2D eigenvalue weighted by Gasteiger charge is 2.52. The number of nitrogens with one attached hydrogen (secondary N) is 1. The van der Waals surface area contributed by atoms with Crippen LogP contribution in [0.3, 0.4) is 0 Å². The van der Waals surface area contributed by atoms with Crippen LogP contribution in [0.4, 0.5) is 0 Å². The summed E-state index contributed by atoms with van der Waals surface area (Å²) in [4.78, 5) is 13.3. The number of hydrogen-bond donors (Lipinski definition) is 4. The Kier molecular flexibility index (Phi) is 13.0. The molecular formula is C40H45NO10. The first-order valence-electron chi connectivity index (χ1n) is 17.2. The minimum atomic E-state index is -1.58. The molecule has 4 aromatic carbocycles. The van der Waals surface area contributed by atoms with Crippen molar-refractivity contribution in [2.24, 2.45) is 0 Å². The van der Waals surface area contributed by atoms with Crippen molar-refractivity contribution in [3.63, 3.8) is 0 Å². The summed E-state index contributed by atoms with van der Waals surface area (Å²) >= 11 is 0. The lowest BCUT2D eigenvalue weighted by atomic mass is 9.96. The molecule has 2 aliphatic heterocycles. The first kappa shape index (κ1) is 36.8. The Balaban J connectivity index is 1.31. The zero-order chi connectivity index (χ0) is 35.6. The molecule has 10 atom stereocenters. The number of ether oxygens (including phenoxy) is 6. The van der Waals surface area contributed by atoms with Crippen LogP contribution in [0.1, 0.15) is 34.0 Å². The molecule has 11 nitrogen and oxygen atoms in total. The smallest absolute Gasteiger partial charge is 0.253 e. The van der Waals surface area contributed by atoms with Gasteiger partial charge >= 0.3 is 0 Å². The van der Waals surface area contributed by atoms with Gasteiger partial charge in [-0.3, -0.25) is 4.79 Å². The van der Waals surface area contributed by atoms with Crippen molar-refractivity contribution in [1.29, 1.82) is 0 Å². The van der Waals surface area contributed by atoms with Crippen LogP contribution in [-0.2, 0) is 48.2 Å². The summed E-state index contributed by atoms with van der Waals surface area (Å²) in [6.07, 6.45) is -11.0. The fourth-order valence-corrected chi connectivity index (χ4v) is 6.29. The number of carbonyl (C=O) groups excluding carboxylic acids is 1. The average Bonchev–Trinajstić information content (AvgIpc) is 3.17. The lowest BCUT2D eigenvalue weighted by molar-refractivity contribution is -0.353. The van der Waals surface area contributed by atoms with Gasteiger partial charge in [0.05, 0.1) is 32.5 Å². The van der Waals surface area contributed by atoms with Crippen LogP contribution < -0.4 is 5.32 Å². The normalized spacial score (nSPS) is 29.3. The van der Waals surface area contributed by atoms with Gasteiger partial charge in [-0.1, -0.05) is 109 Å².